The monoisotopic (exact) mass is 494 g/mol. The van der Waals surface area contributed by atoms with Crippen LogP contribution < -0.4 is 15.4 Å². The maximum atomic E-state index is 13.5. The van der Waals surface area contributed by atoms with E-state index in [-0.39, 0.29) is 11.9 Å². The van der Waals surface area contributed by atoms with E-state index in [2.05, 4.69) is 17.2 Å². The largest absolute Gasteiger partial charge is 0.493 e. The highest BCUT2D eigenvalue weighted by molar-refractivity contribution is 7.22. The van der Waals surface area contributed by atoms with Crippen LogP contribution in [0.2, 0.25) is 10.0 Å². The van der Waals surface area contributed by atoms with E-state index in [4.69, 9.17) is 27.9 Å². The van der Waals surface area contributed by atoms with Crippen molar-refractivity contribution in [2.24, 2.45) is 0 Å². The lowest BCUT2D eigenvalue weighted by Crippen LogP contribution is -2.32. The summed E-state index contributed by atoms with van der Waals surface area (Å²) in [4.78, 5) is 14.1. The lowest BCUT2D eigenvalue weighted by molar-refractivity contribution is 0.0929. The molecular formula is C26H20Cl2N2O2S. The number of ether oxygens (including phenoxy) is 1. The Balaban J connectivity index is 1.59. The summed E-state index contributed by atoms with van der Waals surface area (Å²) < 4.78 is 6.69. The summed E-state index contributed by atoms with van der Waals surface area (Å²) in [6, 6.07) is 19.2. The second-order valence-corrected chi connectivity index (χ2v) is 9.45. The van der Waals surface area contributed by atoms with Crippen LogP contribution in [0.5, 0.6) is 5.75 Å². The van der Waals surface area contributed by atoms with Crippen molar-refractivity contribution in [3.8, 4) is 16.9 Å². The van der Waals surface area contributed by atoms with Gasteiger partial charge in [-0.25, -0.2) is 0 Å². The topological polar surface area (TPSA) is 50.4 Å². The first kappa shape index (κ1) is 21.8. The molecule has 1 aliphatic rings. The van der Waals surface area contributed by atoms with Crippen LogP contribution in [-0.4, -0.2) is 12.5 Å². The number of rotatable bonds is 5. The number of amides is 1. The highest BCUT2D eigenvalue weighted by Crippen LogP contribution is 2.44. The third kappa shape index (κ3) is 3.97. The van der Waals surface area contributed by atoms with Gasteiger partial charge in [0.25, 0.3) is 5.91 Å². The quantitative estimate of drug-likeness (QED) is 0.299. The zero-order chi connectivity index (χ0) is 22.9. The predicted octanol–water partition coefficient (Wildman–Crippen LogP) is 7.68. The third-order valence-electron chi connectivity index (χ3n) is 5.67. The number of hydrogen-bond donors (Lipinski definition) is 2. The van der Waals surface area contributed by atoms with Gasteiger partial charge >= 0.3 is 0 Å². The molecule has 2 N–H and O–H groups in total. The summed E-state index contributed by atoms with van der Waals surface area (Å²) >= 11 is 14.2. The molecule has 33 heavy (non-hydrogen) atoms. The molecule has 1 atom stereocenters. The maximum Gasteiger partial charge on any atom is 0.264 e. The molecule has 1 aromatic heterocycles. The molecular weight excluding hydrogens is 475 g/mol. The predicted molar refractivity (Wildman–Crippen MR) is 138 cm³/mol. The number of carbonyl (C=O) groups excluding carboxylic acids is 1. The van der Waals surface area contributed by atoms with E-state index in [0.29, 0.717) is 28.0 Å². The SMILES string of the molecule is C=CNc1c(C(=O)N[C@H]2CCOc3ccccc32)sc2c(-c3cccc(Cl)c3Cl)cccc12. The summed E-state index contributed by atoms with van der Waals surface area (Å²) in [5.74, 6) is 0.665. The minimum atomic E-state index is -0.148. The minimum Gasteiger partial charge on any atom is -0.493 e. The van der Waals surface area contributed by atoms with Crippen molar-refractivity contribution in [1.82, 2.24) is 5.32 Å². The highest BCUT2D eigenvalue weighted by Gasteiger charge is 2.26. The van der Waals surface area contributed by atoms with Gasteiger partial charge in [0.2, 0.25) is 0 Å². The Labute approximate surface area is 205 Å². The molecule has 0 radical (unpaired) electrons. The molecule has 0 spiro atoms. The van der Waals surface area contributed by atoms with Gasteiger partial charge in [-0.2, -0.15) is 0 Å². The molecule has 7 heteroatoms. The molecule has 166 valence electrons. The fourth-order valence-electron chi connectivity index (χ4n) is 4.16. The number of benzene rings is 3. The van der Waals surface area contributed by atoms with Gasteiger partial charge in [0, 0.05) is 33.2 Å². The van der Waals surface area contributed by atoms with Gasteiger partial charge in [-0.05, 0) is 18.3 Å². The van der Waals surface area contributed by atoms with Crippen molar-refractivity contribution in [3.05, 3.63) is 93.9 Å². The van der Waals surface area contributed by atoms with E-state index in [0.717, 1.165) is 38.2 Å². The van der Waals surface area contributed by atoms with Crippen LogP contribution in [0.1, 0.15) is 27.7 Å². The zero-order valence-electron chi connectivity index (χ0n) is 17.5. The third-order valence-corrected chi connectivity index (χ3v) is 7.73. The fraction of sp³-hybridized carbons (Fsp3) is 0.115. The number of fused-ring (bicyclic) bond motifs is 2. The molecule has 1 aliphatic heterocycles. The second kappa shape index (κ2) is 9.10. The molecule has 3 aromatic carbocycles. The first-order chi connectivity index (χ1) is 16.1. The van der Waals surface area contributed by atoms with E-state index in [1.165, 1.54) is 11.3 Å². The standard InChI is InChI=1S/C26H20Cl2N2O2S/c1-2-29-23-18-10-5-9-16(15-8-6-11-19(27)22(15)28)24(18)33-25(23)26(31)30-20-13-14-32-21-12-4-3-7-17(20)21/h2-12,20,29H,1,13-14H2,(H,30,31)/t20-/m0/s1. The van der Waals surface area contributed by atoms with E-state index in [9.17, 15) is 4.79 Å². The van der Waals surface area contributed by atoms with E-state index in [1.54, 1.807) is 12.3 Å². The first-order valence-corrected chi connectivity index (χ1v) is 12.1. The van der Waals surface area contributed by atoms with Gasteiger partial charge < -0.3 is 15.4 Å². The average Bonchev–Trinajstić information content (AvgIpc) is 3.20. The summed E-state index contributed by atoms with van der Waals surface area (Å²) in [5.41, 5.74) is 3.46. The molecule has 1 amide bonds. The molecule has 0 aliphatic carbocycles. The van der Waals surface area contributed by atoms with Crippen molar-refractivity contribution in [2.75, 3.05) is 11.9 Å². The molecule has 0 bridgehead atoms. The number of carbonyl (C=O) groups is 1. The Bertz CT molecular complexity index is 1380. The summed E-state index contributed by atoms with van der Waals surface area (Å²) in [5, 5.41) is 8.27. The van der Waals surface area contributed by atoms with Gasteiger partial charge in [0.1, 0.15) is 10.6 Å². The number of thiophene rings is 1. The Morgan fingerprint density at radius 3 is 2.70 bits per heavy atom. The molecule has 5 rings (SSSR count). The fourth-order valence-corrected chi connectivity index (χ4v) is 5.76. The van der Waals surface area contributed by atoms with Crippen LogP contribution >= 0.6 is 34.5 Å². The number of halogens is 2. The molecule has 0 saturated carbocycles. The van der Waals surface area contributed by atoms with E-state index >= 15 is 0 Å². The van der Waals surface area contributed by atoms with E-state index in [1.807, 2.05) is 54.6 Å². The molecule has 2 heterocycles. The zero-order valence-corrected chi connectivity index (χ0v) is 19.9. The average molecular weight is 495 g/mol. The van der Waals surface area contributed by atoms with Crippen molar-refractivity contribution < 1.29 is 9.53 Å². The number of anilines is 1. The summed E-state index contributed by atoms with van der Waals surface area (Å²) in [6.07, 6.45) is 2.29. The Hall–Kier alpha value is -2.99. The lowest BCUT2D eigenvalue weighted by Gasteiger charge is -2.26. The van der Waals surface area contributed by atoms with Crippen molar-refractivity contribution in [1.29, 1.82) is 0 Å². The number of para-hydroxylation sites is 1. The summed E-state index contributed by atoms with van der Waals surface area (Å²) in [7, 11) is 0. The molecule has 4 nitrogen and oxygen atoms in total. The van der Waals surface area contributed by atoms with Crippen LogP contribution in [-0.2, 0) is 0 Å². The lowest BCUT2D eigenvalue weighted by atomic mass is 10.0. The van der Waals surface area contributed by atoms with Crippen LogP contribution in [0, 0.1) is 0 Å². The van der Waals surface area contributed by atoms with Crippen molar-refractivity contribution in [2.45, 2.75) is 12.5 Å². The van der Waals surface area contributed by atoms with Crippen LogP contribution in [0.3, 0.4) is 0 Å². The minimum absolute atomic E-state index is 0.119. The van der Waals surface area contributed by atoms with Crippen LogP contribution in [0.15, 0.2) is 73.4 Å². The highest BCUT2D eigenvalue weighted by atomic mass is 35.5. The van der Waals surface area contributed by atoms with Gasteiger partial charge in [-0.15, -0.1) is 11.3 Å². The van der Waals surface area contributed by atoms with E-state index < -0.39 is 0 Å². The van der Waals surface area contributed by atoms with Gasteiger partial charge in [-0.3, -0.25) is 4.79 Å². The smallest absolute Gasteiger partial charge is 0.264 e. The number of nitrogens with one attached hydrogen (secondary N) is 2. The Morgan fingerprint density at radius 1 is 1.06 bits per heavy atom. The molecule has 0 unspecified atom stereocenters. The number of hydrogen-bond acceptors (Lipinski definition) is 4. The Kier molecular flexibility index (Phi) is 6.02. The van der Waals surface area contributed by atoms with Crippen LogP contribution in [0.4, 0.5) is 5.69 Å². The molecule has 4 aromatic rings. The molecule has 0 saturated heterocycles. The second-order valence-electron chi connectivity index (χ2n) is 7.64. The van der Waals surface area contributed by atoms with Crippen molar-refractivity contribution >= 4 is 56.2 Å². The first-order valence-electron chi connectivity index (χ1n) is 10.5. The van der Waals surface area contributed by atoms with Crippen LogP contribution in [0.25, 0.3) is 21.2 Å². The van der Waals surface area contributed by atoms with Crippen molar-refractivity contribution in [3.63, 3.8) is 0 Å². The molecule has 0 fully saturated rings. The van der Waals surface area contributed by atoms with Gasteiger partial charge in [0.15, 0.2) is 0 Å². The normalized spacial score (nSPS) is 14.9. The summed E-state index contributed by atoms with van der Waals surface area (Å²) in [6.45, 7) is 4.36. The Morgan fingerprint density at radius 2 is 1.85 bits per heavy atom. The van der Waals surface area contributed by atoms with Gasteiger partial charge in [-0.1, -0.05) is 78.3 Å². The maximum absolute atomic E-state index is 13.5. The van der Waals surface area contributed by atoms with Gasteiger partial charge in [0.05, 0.1) is 28.4 Å².